The molecule has 0 amide bonds. The fourth-order valence-corrected chi connectivity index (χ4v) is 2.95. The Morgan fingerprint density at radius 2 is 1.71 bits per heavy atom. The zero-order valence-corrected chi connectivity index (χ0v) is 14.5. The molecule has 1 nitrogen and oxygen atoms in total. The second-order valence-corrected chi connectivity index (χ2v) is 7.61. The molecule has 1 aromatic carbocycles. The summed E-state index contributed by atoms with van der Waals surface area (Å²) < 4.78 is 5.59. The summed E-state index contributed by atoms with van der Waals surface area (Å²) in [5.41, 5.74) is 5.66. The van der Waals surface area contributed by atoms with E-state index in [2.05, 4.69) is 71.9 Å². The first-order valence-electron chi connectivity index (χ1n) is 7.73. The van der Waals surface area contributed by atoms with Crippen LogP contribution in [0.2, 0.25) is 0 Å². The molecule has 2 rings (SSSR count). The van der Waals surface area contributed by atoms with Crippen LogP contribution < -0.4 is 4.74 Å². The predicted molar refractivity (Wildman–Crippen MR) is 91.0 cm³/mol. The van der Waals surface area contributed by atoms with Crippen LogP contribution in [0, 0.1) is 12.3 Å². The van der Waals surface area contributed by atoms with Crippen molar-refractivity contribution in [3.8, 4) is 5.75 Å². The number of benzene rings is 1. The Morgan fingerprint density at radius 1 is 1.05 bits per heavy atom. The number of rotatable bonds is 3. The molecular weight excluding hydrogens is 256 g/mol. The van der Waals surface area contributed by atoms with Crippen molar-refractivity contribution < 1.29 is 4.74 Å². The highest BCUT2D eigenvalue weighted by Crippen LogP contribution is 2.43. The van der Waals surface area contributed by atoms with Gasteiger partial charge in [-0.15, -0.1) is 0 Å². The molecule has 1 aliphatic rings. The Hall–Kier alpha value is -1.50. The van der Waals surface area contributed by atoms with Crippen LogP contribution in [0.3, 0.4) is 0 Å². The summed E-state index contributed by atoms with van der Waals surface area (Å²) in [5, 5.41) is 0. The average molecular weight is 284 g/mol. The summed E-state index contributed by atoms with van der Waals surface area (Å²) in [4.78, 5) is 0. The average Bonchev–Trinajstić information content (AvgIpc) is 2.88. The van der Waals surface area contributed by atoms with E-state index in [0.29, 0.717) is 0 Å². The van der Waals surface area contributed by atoms with Crippen LogP contribution in [0.25, 0.3) is 0 Å². The zero-order chi connectivity index (χ0) is 15.8. The van der Waals surface area contributed by atoms with E-state index < -0.39 is 0 Å². The van der Waals surface area contributed by atoms with Crippen LogP contribution >= 0.6 is 0 Å². The van der Waals surface area contributed by atoms with Crippen molar-refractivity contribution in [3.05, 3.63) is 52.6 Å². The molecule has 0 saturated heterocycles. The first kappa shape index (κ1) is 15.9. The molecule has 1 aromatic rings. The molecule has 0 saturated carbocycles. The Labute approximate surface area is 129 Å². The molecule has 1 aliphatic carbocycles. The highest BCUT2D eigenvalue weighted by Gasteiger charge is 2.31. The number of hydrogen-bond donors (Lipinski definition) is 0. The van der Waals surface area contributed by atoms with Gasteiger partial charge in [-0.3, -0.25) is 0 Å². The smallest absolute Gasteiger partial charge is 0.122 e. The van der Waals surface area contributed by atoms with Gasteiger partial charge in [0.1, 0.15) is 5.75 Å². The SMILES string of the molecule is COc1ccc(C)cc1C(C)(C)C1=CCC(C(C)(C)C)=C1. The van der Waals surface area contributed by atoms with E-state index in [4.69, 9.17) is 4.74 Å². The lowest BCUT2D eigenvalue weighted by Gasteiger charge is -2.29. The molecular formula is C20H28O. The highest BCUT2D eigenvalue weighted by atomic mass is 16.5. The van der Waals surface area contributed by atoms with Gasteiger partial charge in [-0.05, 0) is 30.4 Å². The van der Waals surface area contributed by atoms with Gasteiger partial charge in [0, 0.05) is 11.0 Å². The number of aryl methyl sites for hydroxylation is 1. The molecule has 0 N–H and O–H groups in total. The standard InChI is InChI=1S/C20H28O/c1-14-8-11-18(21-7)17(12-14)20(5,6)16-10-9-15(13-16)19(2,3)4/h8,10-13H,9H2,1-7H3. The van der Waals surface area contributed by atoms with Crippen LogP contribution in [-0.2, 0) is 5.41 Å². The lowest BCUT2D eigenvalue weighted by atomic mass is 9.76. The molecule has 0 fully saturated rings. The highest BCUT2D eigenvalue weighted by molar-refractivity contribution is 5.52. The molecule has 0 aromatic heterocycles. The summed E-state index contributed by atoms with van der Waals surface area (Å²) in [6.07, 6.45) is 5.83. The third-order valence-electron chi connectivity index (χ3n) is 4.58. The van der Waals surface area contributed by atoms with Crippen molar-refractivity contribution in [2.75, 3.05) is 7.11 Å². The van der Waals surface area contributed by atoms with Gasteiger partial charge >= 0.3 is 0 Å². The topological polar surface area (TPSA) is 9.23 Å². The predicted octanol–water partition coefficient (Wildman–Crippen LogP) is 5.58. The molecule has 0 radical (unpaired) electrons. The quantitative estimate of drug-likeness (QED) is 0.703. The normalized spacial score (nSPS) is 15.8. The van der Waals surface area contributed by atoms with Gasteiger partial charge in [0.05, 0.1) is 7.11 Å². The lowest BCUT2D eigenvalue weighted by molar-refractivity contribution is 0.400. The summed E-state index contributed by atoms with van der Waals surface area (Å²) in [7, 11) is 1.75. The van der Waals surface area contributed by atoms with Gasteiger partial charge in [0.15, 0.2) is 0 Å². The maximum atomic E-state index is 5.59. The van der Waals surface area contributed by atoms with E-state index in [9.17, 15) is 0 Å². The molecule has 21 heavy (non-hydrogen) atoms. The van der Waals surface area contributed by atoms with Crippen molar-refractivity contribution >= 4 is 0 Å². The minimum atomic E-state index is -0.0373. The number of ether oxygens (including phenoxy) is 1. The molecule has 0 spiro atoms. The summed E-state index contributed by atoms with van der Waals surface area (Å²) in [6.45, 7) is 13.6. The zero-order valence-electron chi connectivity index (χ0n) is 14.5. The second-order valence-electron chi connectivity index (χ2n) is 7.61. The third-order valence-corrected chi connectivity index (χ3v) is 4.58. The first-order chi connectivity index (χ1) is 9.66. The van der Waals surface area contributed by atoms with Gasteiger partial charge in [0.25, 0.3) is 0 Å². The van der Waals surface area contributed by atoms with Crippen LogP contribution in [0.15, 0.2) is 41.5 Å². The van der Waals surface area contributed by atoms with Crippen molar-refractivity contribution in [1.82, 2.24) is 0 Å². The minimum absolute atomic E-state index is 0.0373. The van der Waals surface area contributed by atoms with Crippen molar-refractivity contribution in [2.24, 2.45) is 5.41 Å². The lowest BCUT2D eigenvalue weighted by Crippen LogP contribution is -2.20. The van der Waals surface area contributed by atoms with Crippen molar-refractivity contribution in [1.29, 1.82) is 0 Å². The Kier molecular flexibility index (Phi) is 4.06. The van der Waals surface area contributed by atoms with Crippen LogP contribution in [0.5, 0.6) is 5.75 Å². The maximum Gasteiger partial charge on any atom is 0.122 e. The molecule has 114 valence electrons. The molecule has 1 heteroatoms. The van der Waals surface area contributed by atoms with E-state index in [1.165, 1.54) is 22.3 Å². The Morgan fingerprint density at radius 3 is 2.24 bits per heavy atom. The van der Waals surface area contributed by atoms with E-state index in [0.717, 1.165) is 12.2 Å². The first-order valence-corrected chi connectivity index (χ1v) is 7.73. The largest absolute Gasteiger partial charge is 0.496 e. The number of allylic oxidation sites excluding steroid dienone is 4. The van der Waals surface area contributed by atoms with Crippen molar-refractivity contribution in [2.45, 2.75) is 53.4 Å². The number of hydrogen-bond acceptors (Lipinski definition) is 1. The Balaban J connectivity index is 2.44. The fraction of sp³-hybridized carbons (Fsp3) is 0.500. The van der Waals surface area contributed by atoms with Gasteiger partial charge in [-0.2, -0.15) is 0 Å². The summed E-state index contributed by atoms with van der Waals surface area (Å²) in [6, 6.07) is 6.44. The molecule has 0 aliphatic heterocycles. The van der Waals surface area contributed by atoms with Gasteiger partial charge in [-0.25, -0.2) is 0 Å². The Bertz CT molecular complexity index is 595. The van der Waals surface area contributed by atoms with Crippen LogP contribution in [-0.4, -0.2) is 7.11 Å². The monoisotopic (exact) mass is 284 g/mol. The van der Waals surface area contributed by atoms with E-state index in [1.54, 1.807) is 7.11 Å². The van der Waals surface area contributed by atoms with E-state index in [1.807, 2.05) is 0 Å². The summed E-state index contributed by atoms with van der Waals surface area (Å²) >= 11 is 0. The van der Waals surface area contributed by atoms with Gasteiger partial charge in [-0.1, -0.05) is 70.0 Å². The van der Waals surface area contributed by atoms with Crippen LogP contribution in [0.4, 0.5) is 0 Å². The number of methoxy groups -OCH3 is 1. The van der Waals surface area contributed by atoms with E-state index >= 15 is 0 Å². The minimum Gasteiger partial charge on any atom is -0.496 e. The van der Waals surface area contributed by atoms with Gasteiger partial charge < -0.3 is 4.74 Å². The molecule has 0 unspecified atom stereocenters. The van der Waals surface area contributed by atoms with Gasteiger partial charge in [0.2, 0.25) is 0 Å². The molecule has 0 bridgehead atoms. The second kappa shape index (κ2) is 5.36. The van der Waals surface area contributed by atoms with E-state index in [-0.39, 0.29) is 10.8 Å². The molecule has 0 atom stereocenters. The van der Waals surface area contributed by atoms with Crippen molar-refractivity contribution in [3.63, 3.8) is 0 Å². The summed E-state index contributed by atoms with van der Waals surface area (Å²) in [5.74, 6) is 0.976. The van der Waals surface area contributed by atoms with Crippen LogP contribution in [0.1, 0.15) is 52.2 Å². The maximum absolute atomic E-state index is 5.59. The molecule has 0 heterocycles. The third kappa shape index (κ3) is 3.07. The fourth-order valence-electron chi connectivity index (χ4n) is 2.95.